The SMILES string of the molecule is CN(Cc1ccccc1)C[C@H]1C[C@@H](c2ccc(CO)cc2)O[C@@H](c2cccc(NC(=O)NC34CC5CC(CC(C5)C3)C4)c2)O1. The maximum Gasteiger partial charge on any atom is 0.319 e. The van der Waals surface area contributed by atoms with Gasteiger partial charge in [0, 0.05) is 36.3 Å². The molecule has 1 heterocycles. The minimum absolute atomic E-state index is 0.0146. The molecule has 232 valence electrons. The van der Waals surface area contributed by atoms with Gasteiger partial charge in [0.2, 0.25) is 0 Å². The van der Waals surface area contributed by atoms with Gasteiger partial charge >= 0.3 is 6.03 Å². The number of carbonyl (C=O) groups excluding carboxylic acids is 1. The molecule has 7 heteroatoms. The molecule has 3 N–H and O–H groups in total. The summed E-state index contributed by atoms with van der Waals surface area (Å²) in [6.45, 7) is 1.60. The van der Waals surface area contributed by atoms with E-state index >= 15 is 0 Å². The number of nitrogens with zero attached hydrogens (tertiary/aromatic N) is 1. The zero-order chi connectivity index (χ0) is 30.1. The molecule has 1 saturated heterocycles. The van der Waals surface area contributed by atoms with Crippen LogP contribution in [0.3, 0.4) is 0 Å². The quantitative estimate of drug-likeness (QED) is 0.250. The van der Waals surface area contributed by atoms with Crippen molar-refractivity contribution in [2.45, 2.75) is 82.1 Å². The van der Waals surface area contributed by atoms with Crippen LogP contribution in [0.1, 0.15) is 79.6 Å². The molecule has 5 aliphatic rings. The minimum Gasteiger partial charge on any atom is -0.392 e. The van der Waals surface area contributed by atoms with Crippen molar-refractivity contribution >= 4 is 11.7 Å². The standard InChI is InChI=1S/C37H45N3O4/c1-40(22-25-6-3-2-4-7-25)23-33-18-34(30-12-10-26(24-41)11-13-30)44-35(43-33)31-8-5-9-32(17-31)38-36(42)39-37-19-27-14-28(20-37)16-29(15-27)21-37/h2-13,17,27-29,33-35,41H,14-16,18-24H2,1H3,(H2,38,39,42)/t27?,28?,29?,33-,34+,35+,37?/m1/s1. The number of aliphatic hydroxyl groups excluding tert-OH is 1. The summed E-state index contributed by atoms with van der Waals surface area (Å²) in [5.74, 6) is 2.33. The Hall–Kier alpha value is -3.23. The van der Waals surface area contributed by atoms with E-state index in [1.807, 2.05) is 54.6 Å². The maximum atomic E-state index is 13.3. The summed E-state index contributed by atoms with van der Waals surface area (Å²) < 4.78 is 13.2. The number of benzene rings is 3. The van der Waals surface area contributed by atoms with Crippen molar-refractivity contribution in [2.75, 3.05) is 18.9 Å². The monoisotopic (exact) mass is 595 g/mol. The van der Waals surface area contributed by atoms with Crippen molar-refractivity contribution in [3.05, 3.63) is 101 Å². The van der Waals surface area contributed by atoms with Crippen molar-refractivity contribution in [1.82, 2.24) is 10.2 Å². The van der Waals surface area contributed by atoms with Crippen molar-refractivity contribution in [1.29, 1.82) is 0 Å². The topological polar surface area (TPSA) is 83.1 Å². The van der Waals surface area contributed by atoms with Gasteiger partial charge < -0.3 is 25.2 Å². The number of rotatable bonds is 9. The molecule has 4 saturated carbocycles. The lowest BCUT2D eigenvalue weighted by atomic mass is 9.53. The Bertz CT molecular complexity index is 1390. The van der Waals surface area contributed by atoms with Gasteiger partial charge in [0.05, 0.1) is 18.8 Å². The first-order valence-electron chi connectivity index (χ1n) is 16.3. The zero-order valence-electron chi connectivity index (χ0n) is 25.7. The Kier molecular flexibility index (Phi) is 8.47. The molecule has 1 aliphatic heterocycles. The smallest absolute Gasteiger partial charge is 0.319 e. The highest BCUT2D eigenvalue weighted by Gasteiger charge is 2.51. The number of aliphatic hydroxyl groups is 1. The molecule has 8 rings (SSSR count). The third-order valence-corrected chi connectivity index (χ3v) is 10.3. The molecule has 4 aliphatic carbocycles. The fourth-order valence-electron chi connectivity index (χ4n) is 8.77. The largest absolute Gasteiger partial charge is 0.392 e. The maximum absolute atomic E-state index is 13.3. The molecule has 0 radical (unpaired) electrons. The summed E-state index contributed by atoms with van der Waals surface area (Å²) in [6, 6.07) is 26.2. The summed E-state index contributed by atoms with van der Waals surface area (Å²) >= 11 is 0. The van der Waals surface area contributed by atoms with Gasteiger partial charge in [0.25, 0.3) is 0 Å². The average Bonchev–Trinajstić information content (AvgIpc) is 3.00. The molecule has 0 spiro atoms. The number of ether oxygens (including phenoxy) is 2. The van der Waals surface area contributed by atoms with E-state index in [4.69, 9.17) is 9.47 Å². The summed E-state index contributed by atoms with van der Waals surface area (Å²) in [4.78, 5) is 15.6. The third kappa shape index (κ3) is 6.71. The highest BCUT2D eigenvalue weighted by molar-refractivity contribution is 5.90. The van der Waals surface area contributed by atoms with E-state index in [0.29, 0.717) is 0 Å². The molecule has 5 fully saturated rings. The van der Waals surface area contributed by atoms with Gasteiger partial charge in [-0.3, -0.25) is 4.90 Å². The van der Waals surface area contributed by atoms with Gasteiger partial charge in [-0.1, -0.05) is 66.7 Å². The molecule has 2 amide bonds. The van der Waals surface area contributed by atoms with Gasteiger partial charge in [-0.2, -0.15) is 0 Å². The van der Waals surface area contributed by atoms with E-state index < -0.39 is 6.29 Å². The normalized spacial score (nSPS) is 30.8. The molecule has 44 heavy (non-hydrogen) atoms. The van der Waals surface area contributed by atoms with Crippen LogP contribution >= 0.6 is 0 Å². The van der Waals surface area contributed by atoms with E-state index in [9.17, 15) is 9.90 Å². The van der Waals surface area contributed by atoms with Crippen LogP contribution in [0.2, 0.25) is 0 Å². The predicted molar refractivity (Wildman–Crippen MR) is 171 cm³/mol. The summed E-state index contributed by atoms with van der Waals surface area (Å²) in [5.41, 5.74) is 4.79. The molecule has 3 aromatic rings. The Morgan fingerprint density at radius 2 is 1.55 bits per heavy atom. The highest BCUT2D eigenvalue weighted by Crippen LogP contribution is 2.55. The van der Waals surface area contributed by atoms with Crippen LogP contribution in [0.5, 0.6) is 0 Å². The molecular weight excluding hydrogens is 550 g/mol. The van der Waals surface area contributed by atoms with Gasteiger partial charge in [-0.05, 0) is 92.1 Å². The lowest BCUT2D eigenvalue weighted by molar-refractivity contribution is -0.252. The number of hydrogen-bond acceptors (Lipinski definition) is 5. The lowest BCUT2D eigenvalue weighted by Crippen LogP contribution is -2.60. The van der Waals surface area contributed by atoms with E-state index in [2.05, 4.69) is 46.8 Å². The van der Waals surface area contributed by atoms with E-state index in [0.717, 1.165) is 78.9 Å². The zero-order valence-corrected chi connectivity index (χ0v) is 25.7. The summed E-state index contributed by atoms with van der Waals surface area (Å²) in [7, 11) is 2.12. The molecular formula is C37H45N3O4. The number of amides is 2. The number of nitrogens with one attached hydrogen (secondary N) is 2. The van der Waals surface area contributed by atoms with Crippen molar-refractivity contribution in [2.24, 2.45) is 17.8 Å². The number of anilines is 1. The Labute approximate surface area is 260 Å². The first kappa shape index (κ1) is 29.5. The molecule has 3 aromatic carbocycles. The highest BCUT2D eigenvalue weighted by atomic mass is 16.7. The van der Waals surface area contributed by atoms with E-state index in [1.165, 1.54) is 24.8 Å². The van der Waals surface area contributed by atoms with Crippen LogP contribution in [0, 0.1) is 17.8 Å². The number of carbonyl (C=O) groups is 1. The predicted octanol–water partition coefficient (Wildman–Crippen LogP) is 6.95. The molecule has 0 aromatic heterocycles. The fraction of sp³-hybridized carbons (Fsp3) is 0.486. The van der Waals surface area contributed by atoms with Gasteiger partial charge in [-0.15, -0.1) is 0 Å². The average molecular weight is 596 g/mol. The number of urea groups is 1. The second kappa shape index (κ2) is 12.6. The van der Waals surface area contributed by atoms with Crippen molar-refractivity contribution < 1.29 is 19.4 Å². The van der Waals surface area contributed by atoms with Gasteiger partial charge in [-0.25, -0.2) is 4.79 Å². The van der Waals surface area contributed by atoms with Crippen LogP contribution < -0.4 is 10.6 Å². The molecule has 7 nitrogen and oxygen atoms in total. The van der Waals surface area contributed by atoms with Crippen LogP contribution in [0.15, 0.2) is 78.9 Å². The first-order chi connectivity index (χ1) is 21.4. The van der Waals surface area contributed by atoms with E-state index in [-0.39, 0.29) is 30.4 Å². The number of likely N-dealkylation sites (N-methyl/N-ethyl adjacent to an activating group) is 1. The second-order valence-electron chi connectivity index (χ2n) is 13.9. The van der Waals surface area contributed by atoms with Crippen molar-refractivity contribution in [3.8, 4) is 0 Å². The fourth-order valence-corrected chi connectivity index (χ4v) is 8.77. The van der Waals surface area contributed by atoms with Crippen molar-refractivity contribution in [3.63, 3.8) is 0 Å². The summed E-state index contributed by atoms with van der Waals surface area (Å²) in [6.07, 6.45) is 7.35. The van der Waals surface area contributed by atoms with Crippen LogP contribution in [-0.4, -0.2) is 41.3 Å². The van der Waals surface area contributed by atoms with Gasteiger partial charge in [0.15, 0.2) is 6.29 Å². The Morgan fingerprint density at radius 1 is 0.841 bits per heavy atom. The van der Waals surface area contributed by atoms with E-state index in [1.54, 1.807) is 0 Å². The van der Waals surface area contributed by atoms with Gasteiger partial charge in [0.1, 0.15) is 0 Å². The minimum atomic E-state index is -0.575. The summed E-state index contributed by atoms with van der Waals surface area (Å²) in [5, 5.41) is 16.1. The molecule has 3 atom stereocenters. The molecule has 4 bridgehead atoms. The third-order valence-electron chi connectivity index (χ3n) is 10.3. The Balaban J connectivity index is 1.05. The second-order valence-corrected chi connectivity index (χ2v) is 13.9. The first-order valence-corrected chi connectivity index (χ1v) is 16.3. The molecule has 0 unspecified atom stereocenters. The van der Waals surface area contributed by atoms with Crippen LogP contribution in [0.25, 0.3) is 0 Å². The number of hydrogen-bond donors (Lipinski definition) is 3. The van der Waals surface area contributed by atoms with Crippen LogP contribution in [-0.2, 0) is 22.6 Å². The Morgan fingerprint density at radius 3 is 2.23 bits per heavy atom. The lowest BCUT2D eigenvalue weighted by Gasteiger charge is -2.56. The van der Waals surface area contributed by atoms with Crippen LogP contribution in [0.4, 0.5) is 10.5 Å².